The molecule has 0 unspecified atom stereocenters. The van der Waals surface area contributed by atoms with E-state index in [1.807, 2.05) is 23.6 Å². The molecule has 4 aromatic rings. The number of anilines is 2. The van der Waals surface area contributed by atoms with Crippen LogP contribution in [0, 0.1) is 5.82 Å². The number of imidazole rings is 1. The van der Waals surface area contributed by atoms with Crippen LogP contribution in [0.25, 0.3) is 11.0 Å². The minimum absolute atomic E-state index is 0.0182. The fourth-order valence-corrected chi connectivity index (χ4v) is 3.79. The van der Waals surface area contributed by atoms with Gasteiger partial charge >= 0.3 is 12.3 Å². The van der Waals surface area contributed by atoms with Crippen LogP contribution in [0.5, 0.6) is 5.75 Å². The van der Waals surface area contributed by atoms with Crippen molar-refractivity contribution in [1.82, 2.24) is 9.55 Å². The number of carboxylic acid groups (broad SMARTS) is 1. The number of carbonyl (C=O) groups is 1. The topological polar surface area (TPSA) is 76.4 Å². The SMILES string of the molecule is C[C@H](c1ccc(F)cc1)n1c(Nc2ccc(OC(F)(F)F)cc2)nc2cc(CCC(=O)O)ccc21. The molecule has 0 aliphatic heterocycles. The first-order valence-corrected chi connectivity index (χ1v) is 10.7. The van der Waals surface area contributed by atoms with Crippen molar-refractivity contribution in [3.8, 4) is 5.75 Å². The largest absolute Gasteiger partial charge is 0.573 e. The van der Waals surface area contributed by atoms with Crippen LogP contribution >= 0.6 is 0 Å². The van der Waals surface area contributed by atoms with Crippen molar-refractivity contribution >= 4 is 28.6 Å². The second kappa shape index (κ2) is 9.65. The van der Waals surface area contributed by atoms with E-state index in [2.05, 4.69) is 15.0 Å². The van der Waals surface area contributed by atoms with Gasteiger partial charge in [-0.15, -0.1) is 13.2 Å². The van der Waals surface area contributed by atoms with Crippen molar-refractivity contribution < 1.29 is 32.2 Å². The van der Waals surface area contributed by atoms with Crippen LogP contribution in [0.4, 0.5) is 29.2 Å². The van der Waals surface area contributed by atoms with Gasteiger partial charge in [-0.3, -0.25) is 4.79 Å². The highest BCUT2D eigenvalue weighted by Gasteiger charge is 2.31. The Hall–Kier alpha value is -4.08. The summed E-state index contributed by atoms with van der Waals surface area (Å²) in [4.78, 5) is 15.6. The molecule has 0 radical (unpaired) electrons. The molecule has 0 fully saturated rings. The molecule has 1 atom stereocenters. The molecule has 4 rings (SSSR count). The van der Waals surface area contributed by atoms with Gasteiger partial charge in [0, 0.05) is 12.1 Å². The van der Waals surface area contributed by atoms with E-state index in [1.54, 1.807) is 18.2 Å². The molecule has 0 aliphatic carbocycles. The van der Waals surface area contributed by atoms with Crippen molar-refractivity contribution in [2.24, 2.45) is 0 Å². The average molecular weight is 487 g/mol. The number of hydrogen-bond donors (Lipinski definition) is 2. The van der Waals surface area contributed by atoms with E-state index in [4.69, 9.17) is 5.11 Å². The zero-order chi connectivity index (χ0) is 25.2. The highest BCUT2D eigenvalue weighted by molar-refractivity contribution is 5.81. The van der Waals surface area contributed by atoms with Gasteiger partial charge in [-0.25, -0.2) is 9.37 Å². The minimum atomic E-state index is -4.79. The maximum Gasteiger partial charge on any atom is 0.573 e. The molecule has 3 aromatic carbocycles. The number of nitrogens with zero attached hydrogens (tertiary/aromatic N) is 2. The summed E-state index contributed by atoms with van der Waals surface area (Å²) in [6.45, 7) is 1.91. The molecule has 2 N–H and O–H groups in total. The Morgan fingerprint density at radius 2 is 1.77 bits per heavy atom. The van der Waals surface area contributed by atoms with Gasteiger partial charge in [0.2, 0.25) is 5.95 Å². The average Bonchev–Trinajstić information content (AvgIpc) is 3.15. The minimum Gasteiger partial charge on any atom is -0.481 e. The van der Waals surface area contributed by atoms with Gasteiger partial charge in [-0.1, -0.05) is 18.2 Å². The summed E-state index contributed by atoms with van der Waals surface area (Å²) in [5.41, 5.74) is 3.46. The molecule has 0 aliphatic rings. The Kier molecular flexibility index (Phi) is 6.63. The quantitative estimate of drug-likeness (QED) is 0.280. The van der Waals surface area contributed by atoms with Crippen LogP contribution in [-0.2, 0) is 11.2 Å². The molecular weight excluding hydrogens is 466 g/mol. The molecule has 0 saturated carbocycles. The van der Waals surface area contributed by atoms with Gasteiger partial charge < -0.3 is 19.7 Å². The van der Waals surface area contributed by atoms with Crippen LogP contribution in [0.2, 0.25) is 0 Å². The maximum absolute atomic E-state index is 13.5. The van der Waals surface area contributed by atoms with E-state index >= 15 is 0 Å². The van der Waals surface area contributed by atoms with Crippen LogP contribution in [0.3, 0.4) is 0 Å². The van der Waals surface area contributed by atoms with E-state index < -0.39 is 12.3 Å². The number of rotatable bonds is 8. The third-order valence-electron chi connectivity index (χ3n) is 5.47. The number of nitrogens with one attached hydrogen (secondary N) is 1. The highest BCUT2D eigenvalue weighted by atomic mass is 19.4. The first-order valence-electron chi connectivity index (χ1n) is 10.7. The Bertz CT molecular complexity index is 1330. The fourth-order valence-electron chi connectivity index (χ4n) is 3.79. The number of aromatic nitrogens is 2. The predicted molar refractivity (Wildman–Crippen MR) is 122 cm³/mol. The van der Waals surface area contributed by atoms with E-state index in [-0.39, 0.29) is 24.0 Å². The summed E-state index contributed by atoms with van der Waals surface area (Å²) in [5, 5.41) is 12.1. The van der Waals surface area contributed by atoms with Gasteiger partial charge in [-0.05, 0) is 73.0 Å². The van der Waals surface area contributed by atoms with Crippen molar-refractivity contribution in [3.63, 3.8) is 0 Å². The number of ether oxygens (including phenoxy) is 1. The summed E-state index contributed by atoms with van der Waals surface area (Å²) in [5.74, 6) is -1.20. The number of aryl methyl sites for hydroxylation is 1. The molecule has 182 valence electrons. The van der Waals surface area contributed by atoms with Crippen LogP contribution in [0.15, 0.2) is 66.7 Å². The third-order valence-corrected chi connectivity index (χ3v) is 5.47. The van der Waals surface area contributed by atoms with E-state index in [0.717, 1.165) is 16.6 Å². The Labute approximate surface area is 197 Å². The van der Waals surface area contributed by atoms with Crippen LogP contribution in [0.1, 0.15) is 30.5 Å². The van der Waals surface area contributed by atoms with Crippen molar-refractivity contribution in [1.29, 1.82) is 0 Å². The summed E-state index contributed by atoms with van der Waals surface area (Å²) in [6.07, 6.45) is -4.46. The molecule has 0 spiro atoms. The number of aliphatic carboxylic acids is 1. The van der Waals surface area contributed by atoms with Gasteiger partial charge in [0.05, 0.1) is 17.1 Å². The Morgan fingerprint density at radius 3 is 2.40 bits per heavy atom. The van der Waals surface area contributed by atoms with E-state index in [9.17, 15) is 22.4 Å². The maximum atomic E-state index is 13.5. The second-order valence-corrected chi connectivity index (χ2v) is 7.95. The molecule has 35 heavy (non-hydrogen) atoms. The normalized spacial score (nSPS) is 12.5. The summed E-state index contributed by atoms with van der Waals surface area (Å²) < 4.78 is 56.7. The lowest BCUT2D eigenvalue weighted by Gasteiger charge is -2.19. The Balaban J connectivity index is 1.71. The molecule has 1 heterocycles. The molecular formula is C25H21F4N3O3. The predicted octanol–water partition coefficient (Wildman–Crippen LogP) is 6.44. The third kappa shape index (κ3) is 5.89. The summed E-state index contributed by atoms with van der Waals surface area (Å²) in [7, 11) is 0. The lowest BCUT2D eigenvalue weighted by molar-refractivity contribution is -0.274. The standard InChI is InChI=1S/C25H21F4N3O3/c1-15(17-4-6-18(26)7-5-17)32-22-12-2-16(3-13-23(33)34)14-21(22)31-24(32)30-19-8-10-20(11-9-19)35-25(27,28)29/h2,4-12,14-15H,3,13H2,1H3,(H,30,31)(H,33,34)/t15-/m1/s1. The van der Waals surface area contributed by atoms with Crippen molar-refractivity contribution in [3.05, 3.63) is 83.7 Å². The molecule has 6 nitrogen and oxygen atoms in total. The molecule has 0 amide bonds. The van der Waals surface area contributed by atoms with E-state index in [1.165, 1.54) is 36.4 Å². The smallest absolute Gasteiger partial charge is 0.481 e. The van der Waals surface area contributed by atoms with Gasteiger partial charge in [0.1, 0.15) is 11.6 Å². The second-order valence-electron chi connectivity index (χ2n) is 7.95. The number of alkyl halides is 3. The molecule has 10 heteroatoms. The summed E-state index contributed by atoms with van der Waals surface area (Å²) >= 11 is 0. The van der Waals surface area contributed by atoms with Crippen molar-refractivity contribution in [2.75, 3.05) is 5.32 Å². The fraction of sp³-hybridized carbons (Fsp3) is 0.200. The van der Waals surface area contributed by atoms with Gasteiger partial charge in [0.25, 0.3) is 0 Å². The van der Waals surface area contributed by atoms with E-state index in [0.29, 0.717) is 23.6 Å². The number of fused-ring (bicyclic) bond motifs is 1. The summed E-state index contributed by atoms with van der Waals surface area (Å²) in [6, 6.07) is 16.5. The number of carboxylic acids is 1. The lowest BCUT2D eigenvalue weighted by Crippen LogP contribution is -2.17. The van der Waals surface area contributed by atoms with Crippen LogP contribution < -0.4 is 10.1 Å². The van der Waals surface area contributed by atoms with Gasteiger partial charge in [0.15, 0.2) is 0 Å². The Morgan fingerprint density at radius 1 is 1.09 bits per heavy atom. The first kappa shape index (κ1) is 24.1. The van der Waals surface area contributed by atoms with Crippen molar-refractivity contribution in [2.45, 2.75) is 32.2 Å². The number of benzene rings is 3. The lowest BCUT2D eigenvalue weighted by atomic mass is 10.1. The number of halogens is 4. The van der Waals surface area contributed by atoms with Crippen LogP contribution in [-0.4, -0.2) is 27.0 Å². The highest BCUT2D eigenvalue weighted by Crippen LogP contribution is 2.32. The molecule has 0 bridgehead atoms. The molecule has 0 saturated heterocycles. The van der Waals surface area contributed by atoms with Gasteiger partial charge in [-0.2, -0.15) is 0 Å². The molecule has 1 aromatic heterocycles. The zero-order valence-corrected chi connectivity index (χ0v) is 18.5. The monoisotopic (exact) mass is 487 g/mol. The number of hydrogen-bond acceptors (Lipinski definition) is 4. The first-order chi connectivity index (χ1) is 16.6. The zero-order valence-electron chi connectivity index (χ0n) is 18.5.